The van der Waals surface area contributed by atoms with Crippen molar-refractivity contribution in [2.45, 2.75) is 10.3 Å². The van der Waals surface area contributed by atoms with Gasteiger partial charge in [-0.1, -0.05) is 53.0 Å². The van der Waals surface area contributed by atoms with E-state index in [-0.39, 0.29) is 10.6 Å². The van der Waals surface area contributed by atoms with Crippen LogP contribution in [0.4, 0.5) is 11.4 Å². The standard InChI is InChI=1S/C23H15Cl5N2O2/c24-13-8-12(9-14(25)10-13)19-20(23(19,27)28)22(32)30-16-6-7-18(26)17(11-16)21(31)29-15-4-2-1-3-5-15/h1-11,19-20H,(H,29,31)(H,30,32). The quantitative estimate of drug-likeness (QED) is 0.339. The Hall–Kier alpha value is -1.95. The van der Waals surface area contributed by atoms with Crippen LogP contribution in [0.1, 0.15) is 21.8 Å². The number of nitrogens with one attached hydrogen (secondary N) is 2. The number of para-hydroxylation sites is 1. The van der Waals surface area contributed by atoms with E-state index in [0.717, 1.165) is 0 Å². The van der Waals surface area contributed by atoms with Crippen LogP contribution >= 0.6 is 58.0 Å². The first kappa shape index (κ1) is 23.2. The molecule has 1 saturated carbocycles. The molecular formula is C23H15Cl5N2O2. The Balaban J connectivity index is 1.51. The SMILES string of the molecule is O=C(Nc1ccccc1)c1cc(NC(=O)C2C(c3cc(Cl)cc(Cl)c3)C2(Cl)Cl)ccc1Cl. The summed E-state index contributed by atoms with van der Waals surface area (Å²) >= 11 is 31.2. The Labute approximate surface area is 209 Å². The summed E-state index contributed by atoms with van der Waals surface area (Å²) in [6.45, 7) is 0. The zero-order valence-electron chi connectivity index (χ0n) is 16.2. The fourth-order valence-corrected chi connectivity index (χ4v) is 5.11. The van der Waals surface area contributed by atoms with Crippen LogP contribution in [0.2, 0.25) is 15.1 Å². The second-order valence-electron chi connectivity index (χ2n) is 7.34. The van der Waals surface area contributed by atoms with Crippen molar-refractivity contribution in [3.8, 4) is 0 Å². The number of amides is 2. The lowest BCUT2D eigenvalue weighted by molar-refractivity contribution is -0.117. The van der Waals surface area contributed by atoms with Crippen molar-refractivity contribution in [3.05, 3.63) is 92.9 Å². The number of carbonyl (C=O) groups excluding carboxylic acids is 2. The lowest BCUT2D eigenvalue weighted by Gasteiger charge is -2.10. The van der Waals surface area contributed by atoms with E-state index in [1.165, 1.54) is 12.1 Å². The van der Waals surface area contributed by atoms with Crippen LogP contribution in [0.15, 0.2) is 66.7 Å². The average Bonchev–Trinajstić information content (AvgIpc) is 3.31. The summed E-state index contributed by atoms with van der Waals surface area (Å²) in [5.74, 6) is -2.00. The highest BCUT2D eigenvalue weighted by molar-refractivity contribution is 6.53. The highest BCUT2D eigenvalue weighted by Crippen LogP contribution is 2.65. The molecule has 0 saturated heterocycles. The van der Waals surface area contributed by atoms with Crippen LogP contribution in [-0.4, -0.2) is 16.1 Å². The summed E-state index contributed by atoms with van der Waals surface area (Å²) in [4.78, 5) is 25.6. The molecule has 0 aromatic heterocycles. The Bertz CT molecular complexity index is 1180. The van der Waals surface area contributed by atoms with E-state index in [2.05, 4.69) is 10.6 Å². The molecule has 4 rings (SSSR count). The first-order chi connectivity index (χ1) is 15.2. The fourth-order valence-electron chi connectivity index (χ4n) is 3.54. The summed E-state index contributed by atoms with van der Waals surface area (Å²) in [6.07, 6.45) is 0. The minimum atomic E-state index is -1.31. The molecule has 4 nitrogen and oxygen atoms in total. The molecule has 1 fully saturated rings. The van der Waals surface area contributed by atoms with Gasteiger partial charge in [-0.2, -0.15) is 0 Å². The van der Waals surface area contributed by atoms with Gasteiger partial charge in [-0.15, -0.1) is 23.2 Å². The lowest BCUT2D eigenvalue weighted by Crippen LogP contribution is -2.18. The second-order valence-corrected chi connectivity index (χ2v) is 10.1. The maximum absolute atomic E-state index is 12.9. The summed E-state index contributed by atoms with van der Waals surface area (Å²) in [5.41, 5.74) is 1.89. The van der Waals surface area contributed by atoms with Gasteiger partial charge in [0.05, 0.1) is 16.5 Å². The first-order valence-electron chi connectivity index (χ1n) is 9.47. The molecule has 9 heteroatoms. The highest BCUT2D eigenvalue weighted by Gasteiger charge is 2.67. The minimum Gasteiger partial charge on any atom is -0.326 e. The molecule has 0 spiro atoms. The third kappa shape index (κ3) is 4.85. The monoisotopic (exact) mass is 526 g/mol. The van der Waals surface area contributed by atoms with Gasteiger partial charge in [-0.05, 0) is 54.1 Å². The fraction of sp³-hybridized carbons (Fsp3) is 0.130. The van der Waals surface area contributed by atoms with E-state index in [1.807, 2.05) is 6.07 Å². The minimum absolute atomic E-state index is 0.213. The van der Waals surface area contributed by atoms with Gasteiger partial charge in [-0.3, -0.25) is 9.59 Å². The molecule has 3 aromatic rings. The zero-order chi connectivity index (χ0) is 23.0. The smallest absolute Gasteiger partial charge is 0.257 e. The van der Waals surface area contributed by atoms with Crippen LogP contribution < -0.4 is 10.6 Å². The molecule has 0 bridgehead atoms. The van der Waals surface area contributed by atoms with Gasteiger partial charge < -0.3 is 10.6 Å². The Kier molecular flexibility index (Phi) is 6.62. The molecule has 2 N–H and O–H groups in total. The summed E-state index contributed by atoms with van der Waals surface area (Å²) in [5, 5.41) is 6.63. The number of benzene rings is 3. The molecule has 2 atom stereocenters. The summed E-state index contributed by atoms with van der Waals surface area (Å²) in [7, 11) is 0. The molecule has 1 aliphatic carbocycles. The van der Waals surface area contributed by atoms with Gasteiger partial charge in [0.15, 0.2) is 0 Å². The molecule has 1 aliphatic rings. The Morgan fingerprint density at radius 1 is 0.781 bits per heavy atom. The number of alkyl halides is 2. The van der Waals surface area contributed by atoms with Gasteiger partial charge >= 0.3 is 0 Å². The van der Waals surface area contributed by atoms with Crippen molar-refractivity contribution < 1.29 is 9.59 Å². The number of carbonyl (C=O) groups is 2. The zero-order valence-corrected chi connectivity index (χ0v) is 20.0. The molecule has 164 valence electrons. The number of hydrogen-bond donors (Lipinski definition) is 2. The maximum atomic E-state index is 12.9. The molecule has 0 aliphatic heterocycles. The molecule has 3 aromatic carbocycles. The van der Waals surface area contributed by atoms with Gasteiger partial charge in [0, 0.05) is 27.3 Å². The number of hydrogen-bond acceptors (Lipinski definition) is 2. The van der Waals surface area contributed by atoms with Crippen molar-refractivity contribution in [2.75, 3.05) is 10.6 Å². The molecule has 2 amide bonds. The van der Waals surface area contributed by atoms with Crippen LogP contribution in [-0.2, 0) is 4.79 Å². The van der Waals surface area contributed by atoms with Crippen molar-refractivity contribution in [1.29, 1.82) is 0 Å². The Morgan fingerprint density at radius 3 is 2.09 bits per heavy atom. The van der Waals surface area contributed by atoms with E-state index in [1.54, 1.807) is 48.5 Å². The van der Waals surface area contributed by atoms with Gasteiger partial charge in [0.1, 0.15) is 4.33 Å². The van der Waals surface area contributed by atoms with Crippen LogP contribution in [0.5, 0.6) is 0 Å². The molecular weight excluding hydrogens is 514 g/mol. The normalized spacial score (nSPS) is 18.7. The lowest BCUT2D eigenvalue weighted by atomic mass is 10.1. The van der Waals surface area contributed by atoms with Gasteiger partial charge in [-0.25, -0.2) is 0 Å². The largest absolute Gasteiger partial charge is 0.326 e. The third-order valence-corrected chi connectivity index (χ3v) is 6.80. The number of rotatable bonds is 5. The van der Waals surface area contributed by atoms with Crippen molar-refractivity contribution in [1.82, 2.24) is 0 Å². The van der Waals surface area contributed by atoms with E-state index < -0.39 is 28.0 Å². The molecule has 0 heterocycles. The van der Waals surface area contributed by atoms with E-state index in [0.29, 0.717) is 27.0 Å². The molecule has 32 heavy (non-hydrogen) atoms. The predicted molar refractivity (Wildman–Crippen MR) is 132 cm³/mol. The molecule has 0 radical (unpaired) electrons. The predicted octanol–water partition coefficient (Wildman–Crippen LogP) is 7.43. The van der Waals surface area contributed by atoms with Crippen LogP contribution in [0.3, 0.4) is 0 Å². The van der Waals surface area contributed by atoms with E-state index >= 15 is 0 Å². The molecule has 2 unspecified atom stereocenters. The van der Waals surface area contributed by atoms with Gasteiger partial charge in [0.25, 0.3) is 5.91 Å². The first-order valence-corrected chi connectivity index (χ1v) is 11.4. The topological polar surface area (TPSA) is 58.2 Å². The second kappa shape index (κ2) is 9.12. The maximum Gasteiger partial charge on any atom is 0.257 e. The Morgan fingerprint density at radius 2 is 1.44 bits per heavy atom. The number of anilines is 2. The third-order valence-electron chi connectivity index (χ3n) is 5.09. The average molecular weight is 529 g/mol. The van der Waals surface area contributed by atoms with Crippen molar-refractivity contribution in [2.24, 2.45) is 5.92 Å². The summed E-state index contributed by atoms with van der Waals surface area (Å²) < 4.78 is -1.31. The van der Waals surface area contributed by atoms with E-state index in [4.69, 9.17) is 58.0 Å². The number of halogens is 5. The van der Waals surface area contributed by atoms with Gasteiger partial charge in [0.2, 0.25) is 5.91 Å². The summed E-state index contributed by atoms with van der Waals surface area (Å²) in [6, 6.07) is 18.5. The highest BCUT2D eigenvalue weighted by atomic mass is 35.5. The van der Waals surface area contributed by atoms with Crippen LogP contribution in [0.25, 0.3) is 0 Å². The van der Waals surface area contributed by atoms with Crippen molar-refractivity contribution in [3.63, 3.8) is 0 Å². The van der Waals surface area contributed by atoms with Crippen LogP contribution in [0, 0.1) is 5.92 Å². The van der Waals surface area contributed by atoms with Crippen molar-refractivity contribution >= 4 is 81.2 Å². The van der Waals surface area contributed by atoms with E-state index in [9.17, 15) is 9.59 Å².